The van der Waals surface area contributed by atoms with Gasteiger partial charge in [0.15, 0.2) is 6.20 Å². The summed E-state index contributed by atoms with van der Waals surface area (Å²) < 4.78 is 13.6. The number of nitrogens with one attached hydrogen (secondary N) is 2. The molecule has 1 atom stereocenters. The van der Waals surface area contributed by atoms with E-state index in [4.69, 9.17) is 9.47 Å². The maximum atomic E-state index is 13.0. The van der Waals surface area contributed by atoms with Crippen LogP contribution in [0, 0.1) is 0 Å². The van der Waals surface area contributed by atoms with E-state index in [2.05, 4.69) is 39.2 Å². The fourth-order valence-corrected chi connectivity index (χ4v) is 5.78. The van der Waals surface area contributed by atoms with E-state index in [0.717, 1.165) is 32.2 Å². The van der Waals surface area contributed by atoms with Crippen molar-refractivity contribution in [2.24, 2.45) is 0 Å². The monoisotopic (exact) mass is 704 g/mol. The predicted molar refractivity (Wildman–Crippen MR) is 179 cm³/mol. The lowest BCUT2D eigenvalue weighted by molar-refractivity contribution is -0.692. The molecule has 0 saturated heterocycles. The molecule has 0 spiro atoms. The normalized spacial score (nSPS) is 11.7. The maximum Gasteiger partial charge on any atom is 0.407 e. The van der Waals surface area contributed by atoms with Crippen LogP contribution in [0.2, 0.25) is 0 Å². The van der Waals surface area contributed by atoms with Crippen LogP contribution in [0.15, 0.2) is 17.1 Å². The molecule has 0 aliphatic carbocycles. The second-order valence-electron chi connectivity index (χ2n) is 12.1. The lowest BCUT2D eigenvalue weighted by Gasteiger charge is -2.30. The molecule has 3 amide bonds. The highest BCUT2D eigenvalue weighted by Crippen LogP contribution is 2.14. The molecule has 2 N–H and O–H groups in total. The van der Waals surface area contributed by atoms with Crippen molar-refractivity contribution in [2.75, 3.05) is 33.4 Å². The zero-order chi connectivity index (χ0) is 31.4. The number of hydrogen-bond donors (Lipinski definition) is 2. The molecule has 1 unspecified atom stereocenters. The van der Waals surface area contributed by atoms with Gasteiger partial charge in [-0.1, -0.05) is 115 Å². The van der Waals surface area contributed by atoms with Gasteiger partial charge in [-0.3, -0.25) is 0 Å². The number of aryl methyl sites for hydroxylation is 1. The van der Waals surface area contributed by atoms with Gasteiger partial charge in [0.2, 0.25) is 5.51 Å². The zero-order valence-electron chi connectivity index (χ0n) is 28.5. The van der Waals surface area contributed by atoms with Gasteiger partial charge in [-0.05, 0) is 26.7 Å². The molecular formula is C34H65BrN4O4S. The Morgan fingerprint density at radius 1 is 0.841 bits per heavy atom. The summed E-state index contributed by atoms with van der Waals surface area (Å²) in [6.07, 6.45) is 24.3. The lowest BCUT2D eigenvalue weighted by Crippen LogP contribution is -3.00. The molecule has 1 heterocycles. The molecule has 0 aliphatic heterocycles. The minimum Gasteiger partial charge on any atom is -1.00 e. The van der Waals surface area contributed by atoms with Crippen molar-refractivity contribution in [3.63, 3.8) is 0 Å². The molecule has 0 fully saturated rings. The number of nitrogens with zero attached hydrogens (tertiary/aromatic N) is 2. The van der Waals surface area contributed by atoms with Gasteiger partial charge >= 0.3 is 12.1 Å². The molecule has 1 aromatic rings. The fraction of sp³-hybridized carbons (Fsp3) is 0.853. The number of aromatic nitrogens is 1. The number of urea groups is 1. The first kappa shape index (κ1) is 42.6. The largest absolute Gasteiger partial charge is 1.00 e. The lowest BCUT2D eigenvalue weighted by atomic mass is 10.0. The number of alkyl carbamates (subject to hydrolysis) is 1. The zero-order valence-corrected chi connectivity index (χ0v) is 30.9. The van der Waals surface area contributed by atoms with Crippen molar-refractivity contribution in [1.82, 2.24) is 15.5 Å². The molecule has 258 valence electrons. The number of carbonyl (C=O) groups is 2. The summed E-state index contributed by atoms with van der Waals surface area (Å²) in [4.78, 5) is 26.7. The van der Waals surface area contributed by atoms with Crippen LogP contribution in [0.4, 0.5) is 9.59 Å². The predicted octanol–water partition coefficient (Wildman–Crippen LogP) is 5.24. The number of halogens is 1. The SMILES string of the molecule is CCCCCCCCCCCCCCCCCCNC(=O)N(CC(COCCCC[n+]1ccsc1)OC(=O)NC)C(C)C.[Br-]. The number of rotatable bonds is 28. The van der Waals surface area contributed by atoms with Crippen LogP contribution in [0.3, 0.4) is 0 Å². The summed E-state index contributed by atoms with van der Waals surface area (Å²) >= 11 is 1.68. The number of carbonyl (C=O) groups excluding carboxylic acids is 2. The molecule has 0 bridgehead atoms. The van der Waals surface area contributed by atoms with Gasteiger partial charge in [0.25, 0.3) is 0 Å². The number of hydrogen-bond acceptors (Lipinski definition) is 5. The van der Waals surface area contributed by atoms with Crippen LogP contribution >= 0.6 is 11.3 Å². The van der Waals surface area contributed by atoms with Crippen LogP contribution in [-0.2, 0) is 16.0 Å². The Bertz CT molecular complexity index is 785. The van der Waals surface area contributed by atoms with Crippen LogP contribution in [-0.4, -0.2) is 62.5 Å². The van der Waals surface area contributed by atoms with E-state index in [1.165, 1.54) is 96.9 Å². The molecule has 10 heteroatoms. The summed E-state index contributed by atoms with van der Waals surface area (Å²) in [5.74, 6) is 0. The van der Waals surface area contributed by atoms with E-state index in [9.17, 15) is 9.59 Å². The first-order valence-electron chi connectivity index (χ1n) is 17.4. The van der Waals surface area contributed by atoms with Crippen LogP contribution in [0.1, 0.15) is 136 Å². The van der Waals surface area contributed by atoms with Crippen molar-refractivity contribution in [1.29, 1.82) is 0 Å². The van der Waals surface area contributed by atoms with Gasteiger partial charge in [0, 0.05) is 32.7 Å². The Balaban J connectivity index is 0.0000185. The number of unbranched alkanes of at least 4 members (excludes halogenated alkanes) is 16. The molecule has 0 saturated carbocycles. The first-order valence-corrected chi connectivity index (χ1v) is 18.3. The second-order valence-corrected chi connectivity index (χ2v) is 12.9. The summed E-state index contributed by atoms with van der Waals surface area (Å²) in [7, 11) is 1.54. The summed E-state index contributed by atoms with van der Waals surface area (Å²) in [6, 6.07) is -0.140. The van der Waals surface area contributed by atoms with Crippen LogP contribution < -0.4 is 32.2 Å². The van der Waals surface area contributed by atoms with Crippen LogP contribution in [0.5, 0.6) is 0 Å². The Kier molecular flexibility index (Phi) is 29.3. The second kappa shape index (κ2) is 30.3. The van der Waals surface area contributed by atoms with Crippen molar-refractivity contribution < 1.29 is 40.6 Å². The molecule has 1 aromatic heterocycles. The van der Waals surface area contributed by atoms with Gasteiger partial charge in [-0.2, -0.15) is 4.57 Å². The van der Waals surface area contributed by atoms with Gasteiger partial charge in [0.1, 0.15) is 12.6 Å². The highest BCUT2D eigenvalue weighted by Gasteiger charge is 2.24. The molecule has 1 rings (SSSR count). The Hall–Kier alpha value is -1.39. The van der Waals surface area contributed by atoms with Crippen molar-refractivity contribution in [2.45, 2.75) is 155 Å². The topological polar surface area (TPSA) is 83.8 Å². The molecule has 0 radical (unpaired) electrons. The fourth-order valence-electron chi connectivity index (χ4n) is 5.15. The third-order valence-corrected chi connectivity index (χ3v) is 8.53. The summed E-state index contributed by atoms with van der Waals surface area (Å²) in [5, 5.41) is 7.64. The Morgan fingerprint density at radius 2 is 1.41 bits per heavy atom. The molecule has 8 nitrogen and oxygen atoms in total. The van der Waals surface area contributed by atoms with E-state index < -0.39 is 12.2 Å². The minimum absolute atomic E-state index is 0. The van der Waals surface area contributed by atoms with E-state index in [1.807, 2.05) is 13.8 Å². The number of ether oxygens (including phenoxy) is 2. The summed E-state index contributed by atoms with van der Waals surface area (Å²) in [6.45, 7) is 9.01. The number of amides is 3. The average Bonchev–Trinajstić information content (AvgIpc) is 3.52. The van der Waals surface area contributed by atoms with Crippen molar-refractivity contribution in [3.8, 4) is 0 Å². The van der Waals surface area contributed by atoms with Crippen LogP contribution in [0.25, 0.3) is 0 Å². The first-order chi connectivity index (χ1) is 21.0. The highest BCUT2D eigenvalue weighted by atomic mass is 79.9. The van der Waals surface area contributed by atoms with Gasteiger partial charge in [-0.15, -0.1) is 0 Å². The van der Waals surface area contributed by atoms with Gasteiger partial charge in [-0.25, -0.2) is 9.59 Å². The van der Waals surface area contributed by atoms with E-state index in [0.29, 0.717) is 19.7 Å². The highest BCUT2D eigenvalue weighted by molar-refractivity contribution is 7.07. The Labute approximate surface area is 284 Å². The quantitative estimate of drug-likeness (QED) is 0.0924. The Morgan fingerprint density at radius 3 is 1.91 bits per heavy atom. The van der Waals surface area contributed by atoms with E-state index in [1.54, 1.807) is 16.2 Å². The van der Waals surface area contributed by atoms with Gasteiger partial charge < -0.3 is 42.0 Å². The third-order valence-electron chi connectivity index (χ3n) is 7.85. The van der Waals surface area contributed by atoms with E-state index in [-0.39, 0.29) is 35.7 Å². The van der Waals surface area contributed by atoms with E-state index >= 15 is 0 Å². The summed E-state index contributed by atoms with van der Waals surface area (Å²) in [5.41, 5.74) is 2.10. The molecule has 0 aromatic carbocycles. The smallest absolute Gasteiger partial charge is 0.407 e. The average molecular weight is 706 g/mol. The van der Waals surface area contributed by atoms with Crippen molar-refractivity contribution >= 4 is 23.5 Å². The minimum atomic E-state index is -0.533. The standard InChI is InChI=1S/C34H64N4O4S.BrH/c1-5-6-7-8-9-10-11-12-13-14-15-16-17-18-19-20-23-36-33(39)38(31(2)3)28-32(42-34(40)35-4)29-41-26-22-21-24-37-25-27-43-30-37;/h25,27,30-32H,5-24,26,28-29H2,1-4H3,(H-,35,36,39,40);1H. The third kappa shape index (κ3) is 23.9. The molecule has 0 aliphatic rings. The number of thiazole rings is 1. The van der Waals surface area contributed by atoms with Crippen molar-refractivity contribution in [3.05, 3.63) is 17.1 Å². The molecule has 44 heavy (non-hydrogen) atoms. The maximum absolute atomic E-state index is 13.0. The van der Waals surface area contributed by atoms with Gasteiger partial charge in [0.05, 0.1) is 18.5 Å². The molecular weight excluding hydrogens is 640 g/mol.